The van der Waals surface area contributed by atoms with Crippen LogP contribution in [0.2, 0.25) is 4.47 Å². The third-order valence-corrected chi connectivity index (χ3v) is 1.57. The van der Waals surface area contributed by atoms with Crippen molar-refractivity contribution >= 4 is 22.3 Å². The van der Waals surface area contributed by atoms with E-state index < -0.39 is 0 Å². The Bertz CT molecular complexity index is 15.9. The van der Waals surface area contributed by atoms with Gasteiger partial charge in [0.25, 0.3) is 0 Å². The Morgan fingerprint density at radius 2 is 2.00 bits per heavy atom. The van der Waals surface area contributed by atoms with E-state index in [0.29, 0.717) is 0 Å². The molecule has 0 saturated heterocycles. The first-order chi connectivity index (χ1) is 2.91. The van der Waals surface area contributed by atoms with Gasteiger partial charge in [0.15, 0.2) is 0 Å². The van der Waals surface area contributed by atoms with Gasteiger partial charge >= 0.3 is 52.9 Å². The van der Waals surface area contributed by atoms with Gasteiger partial charge in [-0.3, -0.25) is 0 Å². The molecular weight excluding hydrogens is 188 g/mol. The predicted octanol–water partition coefficient (Wildman–Crippen LogP) is 1.76. The molecule has 0 aromatic heterocycles. The van der Waals surface area contributed by atoms with Crippen molar-refractivity contribution in [2.75, 3.05) is 0 Å². The third-order valence-electron chi connectivity index (χ3n) is 0.748. The second-order valence-corrected chi connectivity index (χ2v) is 2.58. The van der Waals surface area contributed by atoms with E-state index in [1.807, 2.05) is 0 Å². The Morgan fingerprint density at radius 1 is 1.33 bits per heavy atom. The molecule has 1 radical (unpaired) electrons. The SMILES string of the molecule is CCCCC[Te]. The standard InChI is InChI=1S/C5H11Te/c1-2-3-4-5-6/h2-5H2,1H3. The van der Waals surface area contributed by atoms with E-state index in [0.717, 1.165) is 0 Å². The van der Waals surface area contributed by atoms with Crippen molar-refractivity contribution in [2.45, 2.75) is 30.7 Å². The number of unbranched alkanes of at least 4 members (excludes halogenated alkanes) is 2. The summed E-state index contributed by atoms with van der Waals surface area (Å²) in [6, 6.07) is 0. The van der Waals surface area contributed by atoms with Crippen LogP contribution < -0.4 is 0 Å². The molecule has 0 aromatic rings. The Labute approximate surface area is 53.2 Å². The van der Waals surface area contributed by atoms with E-state index in [1.165, 1.54) is 23.7 Å². The second kappa shape index (κ2) is 5.79. The quantitative estimate of drug-likeness (QED) is 0.479. The van der Waals surface area contributed by atoms with Crippen LogP contribution in [-0.2, 0) is 0 Å². The van der Waals surface area contributed by atoms with Crippen molar-refractivity contribution in [3.8, 4) is 0 Å². The summed E-state index contributed by atoms with van der Waals surface area (Å²) in [6.45, 7) is 2.23. The molecule has 0 N–H and O–H groups in total. The first-order valence-electron chi connectivity index (χ1n) is 2.50. The van der Waals surface area contributed by atoms with Crippen molar-refractivity contribution in [1.82, 2.24) is 0 Å². The normalized spacial score (nSPS) is 9.00. The Kier molecular flexibility index (Phi) is 6.55. The zero-order valence-electron chi connectivity index (χ0n) is 4.24. The summed E-state index contributed by atoms with van der Waals surface area (Å²) in [7, 11) is 0. The van der Waals surface area contributed by atoms with Crippen molar-refractivity contribution in [3.05, 3.63) is 0 Å². The zero-order valence-corrected chi connectivity index (χ0v) is 6.57. The molecule has 0 aliphatic carbocycles. The molecule has 0 unspecified atom stereocenters. The van der Waals surface area contributed by atoms with Gasteiger partial charge in [-0.25, -0.2) is 0 Å². The second-order valence-electron chi connectivity index (χ2n) is 1.41. The van der Waals surface area contributed by atoms with Crippen molar-refractivity contribution in [2.24, 2.45) is 0 Å². The molecule has 0 bridgehead atoms. The monoisotopic (exact) mass is 201 g/mol. The van der Waals surface area contributed by atoms with Crippen molar-refractivity contribution in [3.63, 3.8) is 0 Å². The zero-order chi connectivity index (χ0) is 4.83. The molecule has 0 rings (SSSR count). The van der Waals surface area contributed by atoms with Gasteiger partial charge in [0, 0.05) is 0 Å². The van der Waals surface area contributed by atoms with Crippen LogP contribution in [0.4, 0.5) is 0 Å². The van der Waals surface area contributed by atoms with E-state index in [1.54, 1.807) is 0 Å². The van der Waals surface area contributed by atoms with E-state index in [-0.39, 0.29) is 0 Å². The van der Waals surface area contributed by atoms with Gasteiger partial charge in [-0.1, -0.05) is 0 Å². The molecule has 0 fully saturated rings. The number of hydrogen-bond acceptors (Lipinski definition) is 0. The Hall–Kier alpha value is 0.790. The molecule has 6 heavy (non-hydrogen) atoms. The minimum absolute atomic E-state index is 1.36. The predicted molar refractivity (Wildman–Crippen MR) is 30.1 cm³/mol. The Morgan fingerprint density at radius 3 is 2.17 bits per heavy atom. The molecular formula is C5H11Te. The molecule has 0 nitrogen and oxygen atoms in total. The summed E-state index contributed by atoms with van der Waals surface area (Å²) < 4.78 is 1.36. The van der Waals surface area contributed by atoms with E-state index in [4.69, 9.17) is 0 Å². The van der Waals surface area contributed by atoms with Crippen molar-refractivity contribution in [1.29, 1.82) is 0 Å². The van der Waals surface area contributed by atoms with Crippen LogP contribution in [0.25, 0.3) is 0 Å². The molecule has 0 aliphatic heterocycles. The van der Waals surface area contributed by atoms with E-state index in [2.05, 4.69) is 29.2 Å². The van der Waals surface area contributed by atoms with Gasteiger partial charge in [0.2, 0.25) is 0 Å². The van der Waals surface area contributed by atoms with Gasteiger partial charge < -0.3 is 0 Å². The van der Waals surface area contributed by atoms with Gasteiger partial charge in [0.05, 0.1) is 0 Å². The maximum atomic E-state index is 2.23. The maximum absolute atomic E-state index is 2.23. The van der Waals surface area contributed by atoms with Gasteiger partial charge in [-0.2, -0.15) is 0 Å². The topological polar surface area (TPSA) is 0 Å². The van der Waals surface area contributed by atoms with Crippen LogP contribution in [-0.4, -0.2) is 22.3 Å². The van der Waals surface area contributed by atoms with Gasteiger partial charge in [0.1, 0.15) is 0 Å². The molecule has 0 amide bonds. The number of hydrogen-bond donors (Lipinski definition) is 0. The van der Waals surface area contributed by atoms with Crippen LogP contribution in [0.3, 0.4) is 0 Å². The summed E-state index contributed by atoms with van der Waals surface area (Å²) >= 11 is 2.17. The molecule has 0 saturated carbocycles. The first-order valence-corrected chi connectivity index (χ1v) is 4.14. The van der Waals surface area contributed by atoms with E-state index >= 15 is 0 Å². The molecule has 1 heteroatoms. The molecule has 37 valence electrons. The fourth-order valence-electron chi connectivity index (χ4n) is 0.352. The van der Waals surface area contributed by atoms with Crippen LogP contribution in [0, 0.1) is 0 Å². The van der Waals surface area contributed by atoms with Crippen LogP contribution in [0.1, 0.15) is 26.2 Å². The average molecular weight is 199 g/mol. The summed E-state index contributed by atoms with van der Waals surface area (Å²) in [5.74, 6) is 0. The fourth-order valence-corrected chi connectivity index (χ4v) is 0.935. The summed E-state index contributed by atoms with van der Waals surface area (Å²) in [6.07, 6.45) is 4.19. The van der Waals surface area contributed by atoms with E-state index in [9.17, 15) is 0 Å². The number of rotatable bonds is 3. The molecule has 0 aromatic carbocycles. The van der Waals surface area contributed by atoms with Gasteiger partial charge in [-0.15, -0.1) is 0 Å². The molecule has 0 heterocycles. The summed E-state index contributed by atoms with van der Waals surface area (Å²) in [5, 5.41) is 0. The van der Waals surface area contributed by atoms with Crippen LogP contribution >= 0.6 is 0 Å². The average Bonchev–Trinajstić information content (AvgIpc) is 1.61. The van der Waals surface area contributed by atoms with Crippen molar-refractivity contribution < 1.29 is 0 Å². The summed E-state index contributed by atoms with van der Waals surface area (Å²) in [4.78, 5) is 0. The van der Waals surface area contributed by atoms with Gasteiger partial charge in [-0.05, 0) is 0 Å². The summed E-state index contributed by atoms with van der Waals surface area (Å²) in [5.41, 5.74) is 0. The Balaban J connectivity index is 2.34. The molecule has 0 aliphatic rings. The first kappa shape index (κ1) is 6.79. The van der Waals surface area contributed by atoms with Crippen LogP contribution in [0.5, 0.6) is 0 Å². The molecule has 0 atom stereocenters. The molecule has 0 spiro atoms. The third kappa shape index (κ3) is 4.79. The van der Waals surface area contributed by atoms with Crippen LogP contribution in [0.15, 0.2) is 0 Å². The fraction of sp³-hybridized carbons (Fsp3) is 1.00. The minimum atomic E-state index is 1.36.